The van der Waals surface area contributed by atoms with Gasteiger partial charge in [-0.05, 0) is 82.6 Å². The molecule has 7 aromatic rings. The number of aromatic nitrogens is 1. The predicted molar refractivity (Wildman–Crippen MR) is 190 cm³/mol. The van der Waals surface area contributed by atoms with E-state index in [1.807, 2.05) is 30.5 Å². The van der Waals surface area contributed by atoms with Gasteiger partial charge < -0.3 is 4.42 Å². The molecule has 7 rings (SSSR count). The van der Waals surface area contributed by atoms with Gasteiger partial charge in [-0.2, -0.15) is 0 Å². The van der Waals surface area contributed by atoms with Crippen molar-refractivity contribution in [1.29, 1.82) is 0 Å². The maximum Gasteiger partial charge on any atom is 0.229 e. The van der Waals surface area contributed by atoms with Crippen LogP contribution in [0.4, 0.5) is 5.69 Å². The molecule has 0 unspecified atom stereocenters. The summed E-state index contributed by atoms with van der Waals surface area (Å²) in [6.07, 6.45) is 1.94. The fraction of sp³-hybridized carbons (Fsp3) is 0.143. The van der Waals surface area contributed by atoms with Crippen LogP contribution in [0.1, 0.15) is 43.0 Å². The molecular weight excluding hydrogens is 548 g/mol. The first-order chi connectivity index (χ1) is 21.7. The Morgan fingerprint density at radius 3 is 2.18 bits per heavy atom. The molecule has 0 saturated heterocycles. The minimum absolute atomic E-state index is 0.0676. The van der Waals surface area contributed by atoms with Crippen LogP contribution in [-0.2, 0) is 5.41 Å². The standard InChI is InChI=1S/C42H36N2O/c1-27-20-28(2)22-33(21-27)30-14-11-15-31(23-30)37-24-34(42(3,4)5)25-39-40(37)44-41(45-39)36-18-8-9-19-38(36)43-26-32-16-10-13-29-12-6-7-17-35(29)32/h6-26H,1-5H3. The van der Waals surface area contributed by atoms with Gasteiger partial charge in [-0.3, -0.25) is 4.99 Å². The molecule has 0 N–H and O–H groups in total. The maximum atomic E-state index is 6.58. The SMILES string of the molecule is Cc1cc(C)cc(-c2cccc(-c3cc(C(C)(C)C)cc4oc(-c5ccccc5N=Cc5cccc6ccccc56)nc34)c2)c1. The Labute approximate surface area is 264 Å². The Kier molecular flexibility index (Phi) is 7.17. The van der Waals surface area contributed by atoms with Crippen LogP contribution in [0.5, 0.6) is 0 Å². The molecule has 0 saturated carbocycles. The number of nitrogens with zero attached hydrogens (tertiary/aromatic N) is 2. The highest BCUT2D eigenvalue weighted by Gasteiger charge is 2.21. The minimum atomic E-state index is -0.0676. The number of hydrogen-bond donors (Lipinski definition) is 0. The summed E-state index contributed by atoms with van der Waals surface area (Å²) in [4.78, 5) is 10.1. The zero-order valence-electron chi connectivity index (χ0n) is 26.4. The second-order valence-electron chi connectivity index (χ2n) is 12.9. The van der Waals surface area contributed by atoms with Gasteiger partial charge in [-0.15, -0.1) is 0 Å². The monoisotopic (exact) mass is 584 g/mol. The fourth-order valence-electron chi connectivity index (χ4n) is 6.07. The van der Waals surface area contributed by atoms with Crippen molar-refractivity contribution in [3.05, 3.63) is 144 Å². The molecule has 0 radical (unpaired) electrons. The van der Waals surface area contributed by atoms with E-state index in [9.17, 15) is 0 Å². The summed E-state index contributed by atoms with van der Waals surface area (Å²) >= 11 is 0. The number of aryl methyl sites for hydroxylation is 2. The van der Waals surface area contributed by atoms with Crippen molar-refractivity contribution < 1.29 is 4.42 Å². The molecular formula is C42H36N2O. The van der Waals surface area contributed by atoms with Crippen molar-refractivity contribution in [3.8, 4) is 33.7 Å². The molecule has 0 amide bonds. The van der Waals surface area contributed by atoms with E-state index < -0.39 is 0 Å². The molecule has 0 spiro atoms. The minimum Gasteiger partial charge on any atom is -0.436 e. The van der Waals surface area contributed by atoms with Gasteiger partial charge in [0.1, 0.15) is 5.52 Å². The highest BCUT2D eigenvalue weighted by Crippen LogP contribution is 2.39. The maximum absolute atomic E-state index is 6.58. The third-order valence-corrected chi connectivity index (χ3v) is 8.39. The van der Waals surface area contributed by atoms with E-state index in [2.05, 4.69) is 132 Å². The van der Waals surface area contributed by atoms with Crippen LogP contribution < -0.4 is 0 Å². The molecule has 0 bridgehead atoms. The summed E-state index contributed by atoms with van der Waals surface area (Å²) in [6, 6.07) is 42.6. The summed E-state index contributed by atoms with van der Waals surface area (Å²) in [7, 11) is 0. The first-order valence-corrected chi connectivity index (χ1v) is 15.5. The van der Waals surface area contributed by atoms with Crippen LogP contribution in [0.3, 0.4) is 0 Å². The normalized spacial score (nSPS) is 12.0. The van der Waals surface area contributed by atoms with Gasteiger partial charge >= 0.3 is 0 Å². The van der Waals surface area contributed by atoms with Gasteiger partial charge in [0.25, 0.3) is 0 Å². The average Bonchev–Trinajstić information content (AvgIpc) is 3.47. The Hall–Kier alpha value is -5.28. The molecule has 0 fully saturated rings. The molecule has 45 heavy (non-hydrogen) atoms. The van der Waals surface area contributed by atoms with Crippen molar-refractivity contribution >= 4 is 33.8 Å². The summed E-state index contributed by atoms with van der Waals surface area (Å²) < 4.78 is 6.58. The number of oxazole rings is 1. The van der Waals surface area contributed by atoms with Gasteiger partial charge in [0.2, 0.25) is 5.89 Å². The molecule has 0 atom stereocenters. The van der Waals surface area contributed by atoms with Crippen LogP contribution in [0, 0.1) is 13.8 Å². The summed E-state index contributed by atoms with van der Waals surface area (Å²) in [5, 5.41) is 2.36. The Bertz CT molecular complexity index is 2200. The van der Waals surface area contributed by atoms with Crippen molar-refractivity contribution in [3.63, 3.8) is 0 Å². The number of fused-ring (bicyclic) bond motifs is 2. The van der Waals surface area contributed by atoms with Gasteiger partial charge in [0, 0.05) is 17.3 Å². The lowest BCUT2D eigenvalue weighted by Crippen LogP contribution is -2.11. The first-order valence-electron chi connectivity index (χ1n) is 15.5. The Balaban J connectivity index is 1.35. The lowest BCUT2D eigenvalue weighted by Gasteiger charge is -2.20. The number of aliphatic imine (C=N–C) groups is 1. The molecule has 3 nitrogen and oxygen atoms in total. The number of rotatable bonds is 5. The molecule has 0 aliphatic carbocycles. The smallest absolute Gasteiger partial charge is 0.229 e. The lowest BCUT2D eigenvalue weighted by molar-refractivity contribution is 0.584. The van der Waals surface area contributed by atoms with Gasteiger partial charge in [0.05, 0.1) is 11.3 Å². The van der Waals surface area contributed by atoms with E-state index in [4.69, 9.17) is 14.4 Å². The summed E-state index contributed by atoms with van der Waals surface area (Å²) in [5.74, 6) is 0.563. The number of benzene rings is 6. The topological polar surface area (TPSA) is 38.4 Å². The van der Waals surface area contributed by atoms with Crippen molar-refractivity contribution in [2.45, 2.75) is 40.0 Å². The largest absolute Gasteiger partial charge is 0.436 e. The average molecular weight is 585 g/mol. The summed E-state index contributed by atoms with van der Waals surface area (Å²) in [5.41, 5.74) is 12.6. The fourth-order valence-corrected chi connectivity index (χ4v) is 6.07. The van der Waals surface area contributed by atoms with Crippen molar-refractivity contribution in [1.82, 2.24) is 4.98 Å². The molecule has 1 aromatic heterocycles. The van der Waals surface area contributed by atoms with Crippen molar-refractivity contribution in [2.24, 2.45) is 4.99 Å². The van der Waals surface area contributed by atoms with Crippen LogP contribution in [0.25, 0.3) is 55.6 Å². The number of para-hydroxylation sites is 1. The zero-order valence-corrected chi connectivity index (χ0v) is 26.4. The van der Waals surface area contributed by atoms with Gasteiger partial charge in [0.15, 0.2) is 5.58 Å². The number of hydrogen-bond acceptors (Lipinski definition) is 3. The second-order valence-corrected chi connectivity index (χ2v) is 12.9. The Morgan fingerprint density at radius 1 is 0.644 bits per heavy atom. The van der Waals surface area contributed by atoms with E-state index in [-0.39, 0.29) is 5.41 Å². The molecule has 6 aromatic carbocycles. The molecule has 1 heterocycles. The van der Waals surface area contributed by atoms with Crippen LogP contribution in [0.15, 0.2) is 131 Å². The van der Waals surface area contributed by atoms with Crippen LogP contribution in [0.2, 0.25) is 0 Å². The molecule has 0 aliphatic rings. The van der Waals surface area contributed by atoms with Crippen LogP contribution >= 0.6 is 0 Å². The molecule has 220 valence electrons. The zero-order chi connectivity index (χ0) is 31.1. The molecule has 0 aliphatic heterocycles. The Morgan fingerprint density at radius 2 is 1.36 bits per heavy atom. The third kappa shape index (κ3) is 5.70. The van der Waals surface area contributed by atoms with Gasteiger partial charge in [-0.1, -0.05) is 123 Å². The van der Waals surface area contributed by atoms with E-state index >= 15 is 0 Å². The van der Waals surface area contributed by atoms with E-state index in [1.54, 1.807) is 0 Å². The highest BCUT2D eigenvalue weighted by molar-refractivity contribution is 6.01. The summed E-state index contributed by atoms with van der Waals surface area (Å²) in [6.45, 7) is 11.0. The highest BCUT2D eigenvalue weighted by atomic mass is 16.3. The molecule has 3 heteroatoms. The van der Waals surface area contributed by atoms with Crippen LogP contribution in [-0.4, -0.2) is 11.2 Å². The predicted octanol–water partition coefficient (Wildman–Crippen LogP) is 11.6. The quantitative estimate of drug-likeness (QED) is 0.189. The van der Waals surface area contributed by atoms with Crippen molar-refractivity contribution in [2.75, 3.05) is 0 Å². The second kappa shape index (κ2) is 11.3. The van der Waals surface area contributed by atoms with E-state index in [1.165, 1.54) is 38.6 Å². The van der Waals surface area contributed by atoms with E-state index in [0.29, 0.717) is 5.89 Å². The van der Waals surface area contributed by atoms with E-state index in [0.717, 1.165) is 39.0 Å². The van der Waals surface area contributed by atoms with Gasteiger partial charge in [-0.25, -0.2) is 4.98 Å². The third-order valence-electron chi connectivity index (χ3n) is 8.39. The first kappa shape index (κ1) is 28.5. The lowest BCUT2D eigenvalue weighted by atomic mass is 9.84.